The van der Waals surface area contributed by atoms with Crippen molar-refractivity contribution >= 4 is 5.91 Å². The number of hydrogen-bond acceptors (Lipinski definition) is 3. The summed E-state index contributed by atoms with van der Waals surface area (Å²) in [7, 11) is 0. The number of aliphatic hydroxyl groups is 1. The molecule has 4 heteroatoms. The van der Waals surface area contributed by atoms with Gasteiger partial charge in [-0.25, -0.2) is 0 Å². The molecule has 0 saturated heterocycles. The maximum Gasteiger partial charge on any atom is 0.224 e. The number of amides is 1. The highest BCUT2D eigenvalue weighted by molar-refractivity contribution is 5.82. The second kappa shape index (κ2) is 3.94. The summed E-state index contributed by atoms with van der Waals surface area (Å²) in [6, 6.07) is 3.06. The Morgan fingerprint density at radius 1 is 1.75 bits per heavy atom. The van der Waals surface area contributed by atoms with Crippen LogP contribution in [0.5, 0.6) is 0 Å². The van der Waals surface area contributed by atoms with E-state index in [2.05, 4.69) is 19.2 Å². The number of rotatable bonds is 4. The molecular formula is C12H17NO3. The van der Waals surface area contributed by atoms with E-state index in [4.69, 9.17) is 4.42 Å². The standard InChI is InChI=1S/C12H17NO3/c1-12(2)6-8(12)11(15)13-9(7-14)10-4-3-5-16-10/h3-5,8-9,14H,6-7H2,1-2H3,(H,13,15)/t8-,9?/m1/s1. The highest BCUT2D eigenvalue weighted by Crippen LogP contribution is 2.51. The van der Waals surface area contributed by atoms with Gasteiger partial charge in [0.1, 0.15) is 11.8 Å². The van der Waals surface area contributed by atoms with Crippen molar-refractivity contribution in [3.05, 3.63) is 24.2 Å². The van der Waals surface area contributed by atoms with Crippen LogP contribution in [-0.2, 0) is 4.79 Å². The SMILES string of the molecule is CC1(C)C[C@@H]1C(=O)NC(CO)c1ccco1. The minimum absolute atomic E-state index is 0.000417. The molecule has 0 radical (unpaired) electrons. The molecule has 0 bridgehead atoms. The molecule has 1 saturated carbocycles. The van der Waals surface area contributed by atoms with Gasteiger partial charge in [0, 0.05) is 5.92 Å². The van der Waals surface area contributed by atoms with Gasteiger partial charge in [-0.15, -0.1) is 0 Å². The fraction of sp³-hybridized carbons (Fsp3) is 0.583. The second-order valence-corrected chi connectivity index (χ2v) is 5.00. The molecule has 88 valence electrons. The third kappa shape index (κ3) is 2.11. The van der Waals surface area contributed by atoms with Gasteiger partial charge in [-0.05, 0) is 24.0 Å². The summed E-state index contributed by atoms with van der Waals surface area (Å²) in [6.07, 6.45) is 2.44. The van der Waals surface area contributed by atoms with Crippen molar-refractivity contribution in [3.63, 3.8) is 0 Å². The predicted molar refractivity (Wildman–Crippen MR) is 58.6 cm³/mol. The Morgan fingerprint density at radius 3 is 2.88 bits per heavy atom. The summed E-state index contributed by atoms with van der Waals surface area (Å²) in [5, 5.41) is 12.0. The first-order valence-corrected chi connectivity index (χ1v) is 5.49. The van der Waals surface area contributed by atoms with Crippen LogP contribution in [0.25, 0.3) is 0 Å². The zero-order chi connectivity index (χ0) is 11.8. The number of aliphatic hydroxyl groups excluding tert-OH is 1. The van der Waals surface area contributed by atoms with Gasteiger partial charge in [0.05, 0.1) is 12.9 Å². The van der Waals surface area contributed by atoms with E-state index < -0.39 is 6.04 Å². The molecule has 0 aromatic carbocycles. The van der Waals surface area contributed by atoms with Crippen molar-refractivity contribution in [3.8, 4) is 0 Å². The second-order valence-electron chi connectivity index (χ2n) is 5.00. The molecule has 0 spiro atoms. The lowest BCUT2D eigenvalue weighted by molar-refractivity contribution is -0.124. The van der Waals surface area contributed by atoms with E-state index in [-0.39, 0.29) is 23.8 Å². The minimum Gasteiger partial charge on any atom is -0.467 e. The van der Waals surface area contributed by atoms with Gasteiger partial charge in [0.15, 0.2) is 0 Å². The van der Waals surface area contributed by atoms with E-state index >= 15 is 0 Å². The molecule has 1 aliphatic rings. The van der Waals surface area contributed by atoms with Crippen LogP contribution in [0.2, 0.25) is 0 Å². The monoisotopic (exact) mass is 223 g/mol. The molecule has 2 rings (SSSR count). The largest absolute Gasteiger partial charge is 0.467 e. The highest BCUT2D eigenvalue weighted by atomic mass is 16.3. The maximum atomic E-state index is 11.8. The zero-order valence-electron chi connectivity index (χ0n) is 9.56. The Bertz CT molecular complexity index is 370. The number of hydrogen-bond donors (Lipinski definition) is 2. The average Bonchev–Trinajstić information content (AvgIpc) is 2.71. The van der Waals surface area contributed by atoms with Gasteiger partial charge in [-0.2, -0.15) is 0 Å². The summed E-state index contributed by atoms with van der Waals surface area (Å²) in [5.74, 6) is 0.659. The summed E-state index contributed by atoms with van der Waals surface area (Å²) in [4.78, 5) is 11.8. The number of carbonyl (C=O) groups excluding carboxylic acids is 1. The lowest BCUT2D eigenvalue weighted by Crippen LogP contribution is -2.32. The van der Waals surface area contributed by atoms with Crippen molar-refractivity contribution in [1.82, 2.24) is 5.32 Å². The first-order chi connectivity index (χ1) is 7.54. The Balaban J connectivity index is 1.96. The van der Waals surface area contributed by atoms with E-state index in [9.17, 15) is 9.90 Å². The lowest BCUT2D eigenvalue weighted by Gasteiger charge is -2.14. The van der Waals surface area contributed by atoms with Crippen LogP contribution < -0.4 is 5.32 Å². The van der Waals surface area contributed by atoms with Crippen molar-refractivity contribution in [2.75, 3.05) is 6.61 Å². The van der Waals surface area contributed by atoms with E-state index in [1.54, 1.807) is 12.1 Å². The van der Waals surface area contributed by atoms with Crippen molar-refractivity contribution in [2.45, 2.75) is 26.3 Å². The van der Waals surface area contributed by atoms with Crippen LogP contribution in [0.15, 0.2) is 22.8 Å². The lowest BCUT2D eigenvalue weighted by atomic mass is 10.1. The van der Waals surface area contributed by atoms with Crippen molar-refractivity contribution in [1.29, 1.82) is 0 Å². The molecule has 1 aliphatic carbocycles. The molecular weight excluding hydrogens is 206 g/mol. The maximum absolute atomic E-state index is 11.8. The summed E-state index contributed by atoms with van der Waals surface area (Å²) < 4.78 is 5.16. The van der Waals surface area contributed by atoms with Crippen LogP contribution in [0.4, 0.5) is 0 Å². The predicted octanol–water partition coefficient (Wildman–Crippen LogP) is 1.48. The summed E-state index contributed by atoms with van der Waals surface area (Å²) in [6.45, 7) is 3.99. The van der Waals surface area contributed by atoms with Gasteiger partial charge in [-0.3, -0.25) is 4.79 Å². The van der Waals surface area contributed by atoms with E-state index in [0.29, 0.717) is 5.76 Å². The number of carbonyl (C=O) groups is 1. The topological polar surface area (TPSA) is 62.5 Å². The van der Waals surface area contributed by atoms with Crippen molar-refractivity contribution < 1.29 is 14.3 Å². The molecule has 1 aromatic rings. The zero-order valence-corrected chi connectivity index (χ0v) is 9.56. The molecule has 0 aliphatic heterocycles. The first-order valence-electron chi connectivity index (χ1n) is 5.49. The average molecular weight is 223 g/mol. The smallest absolute Gasteiger partial charge is 0.224 e. The molecule has 1 aromatic heterocycles. The number of furan rings is 1. The molecule has 16 heavy (non-hydrogen) atoms. The quantitative estimate of drug-likeness (QED) is 0.812. The highest BCUT2D eigenvalue weighted by Gasteiger charge is 2.50. The van der Waals surface area contributed by atoms with Crippen LogP contribution in [-0.4, -0.2) is 17.6 Å². The molecule has 4 nitrogen and oxygen atoms in total. The van der Waals surface area contributed by atoms with E-state index in [1.807, 2.05) is 0 Å². The molecule has 1 heterocycles. The number of nitrogens with one attached hydrogen (secondary N) is 1. The minimum atomic E-state index is -0.432. The summed E-state index contributed by atoms with van der Waals surface area (Å²) in [5.41, 5.74) is 0.104. The third-order valence-electron chi connectivity index (χ3n) is 3.22. The van der Waals surface area contributed by atoms with Crippen LogP contribution in [0.1, 0.15) is 32.1 Å². The van der Waals surface area contributed by atoms with Gasteiger partial charge in [0.2, 0.25) is 5.91 Å². The molecule has 2 atom stereocenters. The Labute approximate surface area is 94.6 Å². The van der Waals surface area contributed by atoms with E-state index in [1.165, 1.54) is 6.26 Å². The molecule has 1 fully saturated rings. The van der Waals surface area contributed by atoms with Gasteiger partial charge in [-0.1, -0.05) is 13.8 Å². The fourth-order valence-corrected chi connectivity index (χ4v) is 1.88. The molecule has 1 unspecified atom stereocenters. The van der Waals surface area contributed by atoms with Crippen LogP contribution >= 0.6 is 0 Å². The van der Waals surface area contributed by atoms with Crippen LogP contribution in [0.3, 0.4) is 0 Å². The van der Waals surface area contributed by atoms with Crippen molar-refractivity contribution in [2.24, 2.45) is 11.3 Å². The fourth-order valence-electron chi connectivity index (χ4n) is 1.88. The van der Waals surface area contributed by atoms with Gasteiger partial charge < -0.3 is 14.8 Å². The van der Waals surface area contributed by atoms with Gasteiger partial charge in [0.25, 0.3) is 0 Å². The van der Waals surface area contributed by atoms with E-state index in [0.717, 1.165) is 6.42 Å². The van der Waals surface area contributed by atoms with Gasteiger partial charge >= 0.3 is 0 Å². The molecule has 1 amide bonds. The molecule has 2 N–H and O–H groups in total. The Hall–Kier alpha value is -1.29. The first kappa shape index (κ1) is 11.2. The Kier molecular flexibility index (Phi) is 2.76. The normalized spacial score (nSPS) is 23.8. The van der Waals surface area contributed by atoms with Crippen LogP contribution in [0, 0.1) is 11.3 Å². The Morgan fingerprint density at radius 2 is 2.44 bits per heavy atom. The summed E-state index contributed by atoms with van der Waals surface area (Å²) >= 11 is 0. The third-order valence-corrected chi connectivity index (χ3v) is 3.22.